The molecule has 134 valence electrons. The maximum Gasteiger partial charge on any atom is 0.191 e. The predicted octanol–water partition coefficient (Wildman–Crippen LogP) is 1.87. The molecule has 1 unspecified atom stereocenters. The van der Waals surface area contributed by atoms with Gasteiger partial charge in [-0.1, -0.05) is 0 Å². The minimum Gasteiger partial charge on any atom is -0.466 e. The molecule has 1 atom stereocenters. The van der Waals surface area contributed by atoms with Crippen LogP contribution in [0, 0.1) is 6.92 Å². The second-order valence-corrected chi connectivity index (χ2v) is 5.65. The van der Waals surface area contributed by atoms with E-state index in [0.717, 1.165) is 18.7 Å². The number of hydrogen-bond donors (Lipinski definition) is 3. The summed E-state index contributed by atoms with van der Waals surface area (Å²) in [5.74, 6) is 1.16. The van der Waals surface area contributed by atoms with E-state index in [1.54, 1.807) is 25.3 Å². The number of halogens is 1. The Morgan fingerprint density at radius 3 is 2.83 bits per heavy atom. The third-order valence-electron chi connectivity index (χ3n) is 3.34. The Labute approximate surface area is 159 Å². The summed E-state index contributed by atoms with van der Waals surface area (Å²) >= 11 is 0. The molecule has 0 saturated carbocycles. The third-order valence-corrected chi connectivity index (χ3v) is 3.34. The van der Waals surface area contributed by atoms with E-state index in [1.807, 2.05) is 30.9 Å². The average molecular weight is 447 g/mol. The van der Waals surface area contributed by atoms with Crippen molar-refractivity contribution in [3.05, 3.63) is 42.1 Å². The Bertz CT molecular complexity index is 622. The van der Waals surface area contributed by atoms with Gasteiger partial charge in [-0.25, -0.2) is 4.99 Å². The van der Waals surface area contributed by atoms with Crippen molar-refractivity contribution in [3.8, 4) is 0 Å². The highest BCUT2D eigenvalue weighted by molar-refractivity contribution is 14.0. The number of nitrogens with one attached hydrogen (secondary N) is 2. The van der Waals surface area contributed by atoms with Crippen molar-refractivity contribution in [1.82, 2.24) is 20.4 Å². The molecule has 0 fully saturated rings. The molecule has 0 aromatic carbocycles. The van der Waals surface area contributed by atoms with Gasteiger partial charge in [-0.15, -0.1) is 24.0 Å². The first kappa shape index (κ1) is 20.5. The molecule has 0 radical (unpaired) electrons. The first-order valence-corrected chi connectivity index (χ1v) is 7.79. The summed E-state index contributed by atoms with van der Waals surface area (Å²) in [5, 5.41) is 21.1. The van der Waals surface area contributed by atoms with Crippen LogP contribution in [0.4, 0.5) is 0 Å². The first-order chi connectivity index (χ1) is 11.0. The van der Waals surface area contributed by atoms with Crippen molar-refractivity contribution >= 4 is 29.9 Å². The van der Waals surface area contributed by atoms with Crippen LogP contribution in [0.15, 0.2) is 40.2 Å². The van der Waals surface area contributed by atoms with Gasteiger partial charge in [0.15, 0.2) is 5.96 Å². The topological polar surface area (TPSA) is 87.6 Å². The van der Waals surface area contributed by atoms with Crippen LogP contribution in [0.1, 0.15) is 25.2 Å². The molecule has 0 aliphatic heterocycles. The lowest BCUT2D eigenvalue weighted by Crippen LogP contribution is -2.40. The summed E-state index contributed by atoms with van der Waals surface area (Å²) in [6.07, 6.45) is 5.37. The molecule has 2 rings (SSSR count). The normalized spacial score (nSPS) is 13.9. The lowest BCUT2D eigenvalue weighted by Gasteiger charge is -2.19. The van der Waals surface area contributed by atoms with Crippen LogP contribution in [0.5, 0.6) is 0 Å². The van der Waals surface area contributed by atoms with Gasteiger partial charge < -0.3 is 20.2 Å². The van der Waals surface area contributed by atoms with Crippen molar-refractivity contribution in [1.29, 1.82) is 0 Å². The third kappa shape index (κ3) is 6.16. The number of aromatic nitrogens is 2. The van der Waals surface area contributed by atoms with Crippen LogP contribution < -0.4 is 10.6 Å². The van der Waals surface area contributed by atoms with Gasteiger partial charge in [0.2, 0.25) is 0 Å². The summed E-state index contributed by atoms with van der Waals surface area (Å²) in [6.45, 7) is 8.08. The summed E-state index contributed by atoms with van der Waals surface area (Å²) in [5.41, 5.74) is 0.00497. The molecule has 0 aliphatic rings. The second-order valence-electron chi connectivity index (χ2n) is 5.65. The molecular formula is C16H26IN5O2. The number of nitrogens with zero attached hydrogens (tertiary/aromatic N) is 3. The molecule has 2 aromatic heterocycles. The average Bonchev–Trinajstić information content (AvgIpc) is 3.17. The van der Waals surface area contributed by atoms with Gasteiger partial charge in [0, 0.05) is 19.3 Å². The van der Waals surface area contributed by atoms with E-state index in [9.17, 15) is 5.11 Å². The molecule has 2 heterocycles. The van der Waals surface area contributed by atoms with E-state index in [-0.39, 0.29) is 30.5 Å². The predicted molar refractivity (Wildman–Crippen MR) is 105 cm³/mol. The van der Waals surface area contributed by atoms with Gasteiger partial charge in [0.1, 0.15) is 11.4 Å². The molecular weight excluding hydrogens is 421 g/mol. The van der Waals surface area contributed by atoms with E-state index < -0.39 is 5.60 Å². The van der Waals surface area contributed by atoms with Crippen LogP contribution >= 0.6 is 24.0 Å². The molecule has 0 saturated heterocycles. The second kappa shape index (κ2) is 9.67. The lowest BCUT2D eigenvalue weighted by molar-refractivity contribution is 0.0437. The number of aryl methyl sites for hydroxylation is 1. The van der Waals surface area contributed by atoms with E-state index >= 15 is 0 Å². The fourth-order valence-corrected chi connectivity index (χ4v) is 2.12. The van der Waals surface area contributed by atoms with Crippen LogP contribution in [-0.2, 0) is 12.1 Å². The van der Waals surface area contributed by atoms with Gasteiger partial charge in [-0.05, 0) is 38.5 Å². The molecule has 0 bridgehead atoms. The smallest absolute Gasteiger partial charge is 0.191 e. The number of furan rings is 1. The first-order valence-electron chi connectivity index (χ1n) is 7.79. The van der Waals surface area contributed by atoms with E-state index in [1.165, 1.54) is 0 Å². The number of aliphatic imine (C=N–C) groups is 1. The van der Waals surface area contributed by atoms with Gasteiger partial charge in [0.05, 0.1) is 25.5 Å². The van der Waals surface area contributed by atoms with E-state index in [2.05, 4.69) is 20.7 Å². The molecule has 0 spiro atoms. The Hall–Kier alpha value is -1.55. The van der Waals surface area contributed by atoms with Crippen molar-refractivity contribution in [2.75, 3.05) is 19.6 Å². The number of guanidine groups is 1. The van der Waals surface area contributed by atoms with E-state index in [4.69, 9.17) is 4.42 Å². The summed E-state index contributed by atoms with van der Waals surface area (Å²) < 4.78 is 7.14. The lowest BCUT2D eigenvalue weighted by atomic mass is 10.0. The van der Waals surface area contributed by atoms with Crippen LogP contribution in [0.3, 0.4) is 0 Å². The van der Waals surface area contributed by atoms with Gasteiger partial charge in [0.25, 0.3) is 0 Å². The fraction of sp³-hybridized carbons (Fsp3) is 0.500. The molecule has 0 amide bonds. The molecule has 2 aromatic rings. The van der Waals surface area contributed by atoms with Gasteiger partial charge in [-0.3, -0.25) is 4.68 Å². The quantitative estimate of drug-likeness (QED) is 0.343. The minimum absolute atomic E-state index is 0. The van der Waals surface area contributed by atoms with Crippen LogP contribution in [0.2, 0.25) is 0 Å². The van der Waals surface area contributed by atoms with Crippen molar-refractivity contribution in [3.63, 3.8) is 0 Å². The van der Waals surface area contributed by atoms with Crippen LogP contribution in [-0.4, -0.2) is 40.5 Å². The molecule has 8 heteroatoms. The number of hydrogen-bond acceptors (Lipinski definition) is 4. The highest BCUT2D eigenvalue weighted by atomic mass is 127. The molecule has 7 nitrogen and oxygen atoms in total. The summed E-state index contributed by atoms with van der Waals surface area (Å²) in [7, 11) is 0. The van der Waals surface area contributed by atoms with E-state index in [0.29, 0.717) is 18.3 Å². The molecule has 0 aliphatic carbocycles. The molecule has 24 heavy (non-hydrogen) atoms. The zero-order valence-electron chi connectivity index (χ0n) is 14.3. The van der Waals surface area contributed by atoms with Gasteiger partial charge >= 0.3 is 0 Å². The summed E-state index contributed by atoms with van der Waals surface area (Å²) in [6, 6.07) is 3.50. The monoisotopic (exact) mass is 447 g/mol. The maximum atomic E-state index is 10.4. The maximum absolute atomic E-state index is 10.4. The van der Waals surface area contributed by atoms with Crippen molar-refractivity contribution in [2.45, 2.75) is 32.9 Å². The number of aliphatic hydroxyl groups is 1. The van der Waals surface area contributed by atoms with Gasteiger partial charge in [-0.2, -0.15) is 5.10 Å². The Morgan fingerprint density at radius 1 is 1.46 bits per heavy atom. The Kier molecular flexibility index (Phi) is 8.26. The zero-order valence-corrected chi connectivity index (χ0v) is 16.7. The van der Waals surface area contributed by atoms with Crippen molar-refractivity contribution in [2.24, 2.45) is 4.99 Å². The fourth-order valence-electron chi connectivity index (χ4n) is 2.12. The Morgan fingerprint density at radius 2 is 2.25 bits per heavy atom. The highest BCUT2D eigenvalue weighted by Crippen LogP contribution is 2.20. The minimum atomic E-state index is -1.13. The largest absolute Gasteiger partial charge is 0.466 e. The van der Waals surface area contributed by atoms with Crippen molar-refractivity contribution < 1.29 is 9.52 Å². The zero-order chi connectivity index (χ0) is 16.7. The summed E-state index contributed by atoms with van der Waals surface area (Å²) in [4.78, 5) is 4.43. The standard InChI is InChI=1S/C16H25N5O2.HI/c1-4-17-15(18-7-8-21-11-13(2)10-20-21)19-12-16(3,22)14-6-5-9-23-14;/h5-6,9-11,22H,4,7-8,12H2,1-3H3,(H2,17,18,19);1H. The highest BCUT2D eigenvalue weighted by Gasteiger charge is 2.25. The number of rotatable bonds is 7. The Balaban J connectivity index is 0.00000288. The van der Waals surface area contributed by atoms with Crippen LogP contribution in [0.25, 0.3) is 0 Å². The molecule has 3 N–H and O–H groups in total. The SMILES string of the molecule is CCNC(=NCC(C)(O)c1ccco1)NCCn1cc(C)cn1.I.